The third kappa shape index (κ3) is 3.56. The lowest BCUT2D eigenvalue weighted by Crippen LogP contribution is -2.17. The number of anilines is 1. The zero-order chi connectivity index (χ0) is 19.0. The smallest absolute Gasteiger partial charge is 0.247 e. The summed E-state index contributed by atoms with van der Waals surface area (Å²) < 4.78 is 6.61. The Morgan fingerprint density at radius 2 is 2.11 bits per heavy atom. The van der Waals surface area contributed by atoms with Gasteiger partial charge in [0.1, 0.15) is 5.75 Å². The first-order valence-electron chi connectivity index (χ1n) is 8.15. The van der Waals surface area contributed by atoms with E-state index >= 15 is 0 Å². The number of fused-ring (bicyclic) bond motifs is 3. The van der Waals surface area contributed by atoms with Crippen LogP contribution in [0.4, 0.5) is 5.69 Å². The number of ether oxygens (including phenoxy) is 1. The summed E-state index contributed by atoms with van der Waals surface area (Å²) in [5.41, 5.74) is 2.65. The number of benzene rings is 2. The van der Waals surface area contributed by atoms with Gasteiger partial charge in [-0.25, -0.2) is 0 Å². The summed E-state index contributed by atoms with van der Waals surface area (Å²) in [4.78, 5) is 4.51. The van der Waals surface area contributed by atoms with E-state index in [1.54, 1.807) is 12.1 Å². The molecule has 0 bridgehead atoms. The molecule has 0 aliphatic carbocycles. The normalized spacial score (nSPS) is 15.1. The van der Waals surface area contributed by atoms with Crippen LogP contribution in [0.1, 0.15) is 18.7 Å². The minimum absolute atomic E-state index is 0.0444. The van der Waals surface area contributed by atoms with Crippen LogP contribution >= 0.6 is 39.3 Å². The van der Waals surface area contributed by atoms with Crippen LogP contribution in [0.3, 0.4) is 0 Å². The molecule has 1 aromatic heterocycles. The molecule has 0 amide bonds. The van der Waals surface area contributed by atoms with Crippen molar-refractivity contribution >= 4 is 45.0 Å². The summed E-state index contributed by atoms with van der Waals surface area (Å²) in [7, 11) is 0. The van der Waals surface area contributed by atoms with Gasteiger partial charge in [-0.05, 0) is 39.9 Å². The largest absolute Gasteiger partial charge is 0.506 e. The lowest BCUT2D eigenvalue weighted by atomic mass is 10.1. The zero-order valence-electron chi connectivity index (χ0n) is 14.1. The molecule has 3 aromatic rings. The molecule has 0 spiro atoms. The number of rotatable bonds is 3. The van der Waals surface area contributed by atoms with Gasteiger partial charge in [0.2, 0.25) is 17.3 Å². The first-order valence-corrected chi connectivity index (χ1v) is 10.3. The van der Waals surface area contributed by atoms with Gasteiger partial charge in [0.05, 0.1) is 10.0 Å². The molecule has 4 rings (SSSR count). The Kier molecular flexibility index (Phi) is 5.12. The van der Waals surface area contributed by atoms with Crippen molar-refractivity contribution in [1.29, 1.82) is 0 Å². The monoisotopic (exact) mass is 464 g/mol. The maximum absolute atomic E-state index is 10.5. The van der Waals surface area contributed by atoms with Crippen LogP contribution < -0.4 is 10.1 Å². The van der Waals surface area contributed by atoms with Gasteiger partial charge >= 0.3 is 0 Å². The van der Waals surface area contributed by atoms with Crippen molar-refractivity contribution in [3.8, 4) is 22.9 Å². The molecule has 6 nitrogen and oxygen atoms in total. The second kappa shape index (κ2) is 7.53. The molecule has 0 fully saturated rings. The Bertz CT molecular complexity index is 1020. The molecule has 0 saturated carbocycles. The fourth-order valence-electron chi connectivity index (χ4n) is 2.76. The van der Waals surface area contributed by atoms with Crippen LogP contribution in [0.5, 0.6) is 11.6 Å². The van der Waals surface area contributed by atoms with Crippen LogP contribution in [-0.4, -0.2) is 26.0 Å². The number of phenolic OH excluding ortho intramolecular Hbond substituents is 1. The Morgan fingerprint density at radius 3 is 2.93 bits per heavy atom. The Morgan fingerprint density at radius 1 is 1.30 bits per heavy atom. The number of aromatic hydroxyl groups is 1. The second-order valence-electron chi connectivity index (χ2n) is 5.69. The average Bonchev–Trinajstić information content (AvgIpc) is 2.81. The summed E-state index contributed by atoms with van der Waals surface area (Å²) in [6, 6.07) is 10.9. The van der Waals surface area contributed by atoms with Crippen molar-refractivity contribution in [2.24, 2.45) is 0 Å². The highest BCUT2D eigenvalue weighted by atomic mass is 79.9. The summed E-state index contributed by atoms with van der Waals surface area (Å²) >= 11 is 11.0. The maximum Gasteiger partial charge on any atom is 0.247 e. The minimum Gasteiger partial charge on any atom is -0.506 e. The van der Waals surface area contributed by atoms with E-state index in [0.717, 1.165) is 17.0 Å². The zero-order valence-corrected chi connectivity index (χ0v) is 17.3. The number of phenols is 1. The fourth-order valence-corrected chi connectivity index (χ4v) is 4.10. The highest BCUT2D eigenvalue weighted by Gasteiger charge is 2.28. The number of aromatic nitrogens is 3. The van der Waals surface area contributed by atoms with Crippen molar-refractivity contribution in [2.75, 3.05) is 11.1 Å². The van der Waals surface area contributed by atoms with Crippen LogP contribution in [-0.2, 0) is 0 Å². The molecule has 27 heavy (non-hydrogen) atoms. The van der Waals surface area contributed by atoms with E-state index in [9.17, 15) is 5.11 Å². The van der Waals surface area contributed by atoms with E-state index in [4.69, 9.17) is 16.3 Å². The quantitative estimate of drug-likeness (QED) is 0.510. The highest BCUT2D eigenvalue weighted by molar-refractivity contribution is 9.10. The van der Waals surface area contributed by atoms with E-state index in [2.05, 4.69) is 36.4 Å². The van der Waals surface area contributed by atoms with Crippen LogP contribution in [0.2, 0.25) is 5.02 Å². The summed E-state index contributed by atoms with van der Waals surface area (Å²) in [6.07, 6.45) is -0.710. The molecule has 0 saturated heterocycles. The highest BCUT2D eigenvalue weighted by Crippen LogP contribution is 2.43. The molecule has 9 heteroatoms. The van der Waals surface area contributed by atoms with Gasteiger partial charge in [-0.1, -0.05) is 48.5 Å². The van der Waals surface area contributed by atoms with Crippen molar-refractivity contribution in [2.45, 2.75) is 18.3 Å². The molecule has 2 heterocycles. The Hall–Kier alpha value is -2.03. The van der Waals surface area contributed by atoms with Gasteiger partial charge in [-0.2, -0.15) is 4.98 Å². The third-order valence-corrected chi connectivity index (χ3v) is 5.49. The Labute approximate surface area is 173 Å². The predicted octanol–water partition coefficient (Wildman–Crippen LogP) is 5.28. The van der Waals surface area contributed by atoms with Gasteiger partial charge in [0.25, 0.3) is 0 Å². The number of nitrogens with one attached hydrogen (secondary N) is 1. The van der Waals surface area contributed by atoms with Crippen molar-refractivity contribution < 1.29 is 9.84 Å². The molecule has 2 N–H and O–H groups in total. The lowest BCUT2D eigenvalue weighted by Gasteiger charge is -2.21. The van der Waals surface area contributed by atoms with E-state index in [0.29, 0.717) is 31.8 Å². The molecule has 1 aliphatic heterocycles. The van der Waals surface area contributed by atoms with Gasteiger partial charge in [-0.15, -0.1) is 10.2 Å². The van der Waals surface area contributed by atoms with Gasteiger partial charge in [-0.3, -0.25) is 0 Å². The fraction of sp³-hybridized carbons (Fsp3) is 0.167. The topological polar surface area (TPSA) is 80.2 Å². The van der Waals surface area contributed by atoms with E-state index in [-0.39, 0.29) is 5.75 Å². The molecular formula is C18H14BrClN4O2S. The number of hydrogen-bond acceptors (Lipinski definition) is 7. The number of halogens is 2. The van der Waals surface area contributed by atoms with Crippen LogP contribution in [0, 0.1) is 0 Å². The molecule has 2 aromatic carbocycles. The molecular weight excluding hydrogens is 452 g/mol. The number of hydrogen-bond donors (Lipinski definition) is 2. The molecule has 1 aliphatic rings. The van der Waals surface area contributed by atoms with Crippen molar-refractivity contribution in [1.82, 2.24) is 15.2 Å². The van der Waals surface area contributed by atoms with Crippen LogP contribution in [0.25, 0.3) is 11.3 Å². The summed E-state index contributed by atoms with van der Waals surface area (Å²) in [6.45, 7) is 2.02. The molecule has 0 radical (unpaired) electrons. The van der Waals surface area contributed by atoms with E-state index < -0.39 is 6.23 Å². The summed E-state index contributed by atoms with van der Waals surface area (Å²) in [5, 5.41) is 23.3. The van der Waals surface area contributed by atoms with Crippen molar-refractivity contribution in [3.63, 3.8) is 0 Å². The molecule has 1 atom stereocenters. The first-order chi connectivity index (χ1) is 13.1. The minimum atomic E-state index is -0.710. The standard InChI is InChI=1S/C18H14BrClN4O2S/c1-2-27-18-22-17-14(23-24-18)10-5-3-4-6-13(10)21-16(26-17)11-7-9(20)8-12(19)15(11)25/h3-8,16,21,25H,2H2,1H3/t16-/m1/s1. The van der Waals surface area contributed by atoms with Gasteiger partial charge < -0.3 is 15.2 Å². The van der Waals surface area contributed by atoms with E-state index in [1.165, 1.54) is 11.8 Å². The maximum atomic E-state index is 10.5. The third-order valence-electron chi connectivity index (χ3n) is 3.95. The van der Waals surface area contributed by atoms with E-state index in [1.807, 2.05) is 31.2 Å². The number of para-hydroxylation sites is 1. The lowest BCUT2D eigenvalue weighted by molar-refractivity contribution is 0.220. The second-order valence-corrected chi connectivity index (χ2v) is 8.22. The van der Waals surface area contributed by atoms with Crippen molar-refractivity contribution in [3.05, 3.63) is 51.5 Å². The molecule has 0 unspecified atom stereocenters. The average molecular weight is 466 g/mol. The van der Waals surface area contributed by atoms with Gasteiger partial charge in [0, 0.05) is 16.3 Å². The summed E-state index contributed by atoms with van der Waals surface area (Å²) in [5.74, 6) is 1.21. The van der Waals surface area contributed by atoms with Gasteiger partial charge in [0.15, 0.2) is 5.69 Å². The number of thioether (sulfide) groups is 1. The van der Waals surface area contributed by atoms with Crippen LogP contribution in [0.15, 0.2) is 46.0 Å². The number of nitrogens with zero attached hydrogens (tertiary/aromatic N) is 3. The predicted molar refractivity (Wildman–Crippen MR) is 109 cm³/mol. The SMILES string of the molecule is CCSc1nnc2c(n1)O[C@H](c1cc(Cl)cc(Br)c1O)Nc1ccccc1-2. The Balaban J connectivity index is 1.87. The first kappa shape index (κ1) is 18.3. The molecule has 138 valence electrons.